The summed E-state index contributed by atoms with van der Waals surface area (Å²) in [5, 5.41) is 0. The van der Waals surface area contributed by atoms with Gasteiger partial charge in [0.2, 0.25) is 5.95 Å². The molecule has 0 saturated heterocycles. The Balaban J connectivity index is 2.50. The predicted molar refractivity (Wildman–Crippen MR) is 52.2 cm³/mol. The van der Waals surface area contributed by atoms with E-state index in [0.29, 0.717) is 0 Å². The van der Waals surface area contributed by atoms with Crippen LogP contribution in [0.5, 0.6) is 0 Å². The molecule has 0 amide bonds. The number of aromatic nitrogens is 2. The van der Waals surface area contributed by atoms with Gasteiger partial charge in [-0.25, -0.2) is 4.98 Å². The van der Waals surface area contributed by atoms with Crippen molar-refractivity contribution in [2.75, 3.05) is 0 Å². The SMILES string of the molecule is Cc1ccncc1-c1ccc(F)nc1. The fraction of sp³-hybridized carbons (Fsp3) is 0.0909. The fourth-order valence-electron chi connectivity index (χ4n) is 1.30. The Hall–Kier alpha value is -1.77. The van der Waals surface area contributed by atoms with Crippen molar-refractivity contribution in [2.24, 2.45) is 0 Å². The van der Waals surface area contributed by atoms with Crippen molar-refractivity contribution in [3.63, 3.8) is 0 Å². The lowest BCUT2D eigenvalue weighted by atomic mass is 10.1. The van der Waals surface area contributed by atoms with Crippen LogP contribution in [0.1, 0.15) is 5.56 Å². The highest BCUT2D eigenvalue weighted by atomic mass is 19.1. The van der Waals surface area contributed by atoms with Crippen LogP contribution in [-0.2, 0) is 0 Å². The van der Waals surface area contributed by atoms with E-state index in [9.17, 15) is 4.39 Å². The van der Waals surface area contributed by atoms with E-state index in [1.165, 1.54) is 12.3 Å². The summed E-state index contributed by atoms with van der Waals surface area (Å²) in [4.78, 5) is 7.62. The maximum atomic E-state index is 12.6. The number of halogens is 1. The minimum absolute atomic E-state index is 0.463. The Morgan fingerprint density at radius 2 is 2.00 bits per heavy atom. The van der Waals surface area contributed by atoms with Gasteiger partial charge in [-0.05, 0) is 30.7 Å². The second-order valence-electron chi connectivity index (χ2n) is 3.06. The summed E-state index contributed by atoms with van der Waals surface area (Å²) in [6.45, 7) is 1.99. The van der Waals surface area contributed by atoms with Gasteiger partial charge in [-0.3, -0.25) is 4.98 Å². The van der Waals surface area contributed by atoms with Crippen molar-refractivity contribution >= 4 is 0 Å². The van der Waals surface area contributed by atoms with Crippen molar-refractivity contribution in [1.29, 1.82) is 0 Å². The van der Waals surface area contributed by atoms with Crippen LogP contribution < -0.4 is 0 Å². The van der Waals surface area contributed by atoms with Crippen LogP contribution in [0.3, 0.4) is 0 Å². The van der Waals surface area contributed by atoms with E-state index in [2.05, 4.69) is 9.97 Å². The summed E-state index contributed by atoms with van der Waals surface area (Å²) in [5.41, 5.74) is 2.98. The molecule has 3 heteroatoms. The van der Waals surface area contributed by atoms with Gasteiger partial charge in [0, 0.05) is 29.7 Å². The zero-order valence-electron chi connectivity index (χ0n) is 7.74. The summed E-state index contributed by atoms with van der Waals surface area (Å²) in [6, 6.07) is 4.97. The third kappa shape index (κ3) is 1.62. The molecule has 0 aliphatic rings. The highest BCUT2D eigenvalue weighted by molar-refractivity contribution is 5.64. The topological polar surface area (TPSA) is 25.8 Å². The Morgan fingerprint density at radius 1 is 1.14 bits per heavy atom. The van der Waals surface area contributed by atoms with Gasteiger partial charge in [0.25, 0.3) is 0 Å². The fourth-order valence-corrected chi connectivity index (χ4v) is 1.30. The molecule has 14 heavy (non-hydrogen) atoms. The number of hydrogen-bond acceptors (Lipinski definition) is 2. The quantitative estimate of drug-likeness (QED) is 0.643. The zero-order valence-corrected chi connectivity index (χ0v) is 7.74. The van der Waals surface area contributed by atoms with Gasteiger partial charge in [0.15, 0.2) is 0 Å². The van der Waals surface area contributed by atoms with Crippen LogP contribution >= 0.6 is 0 Å². The van der Waals surface area contributed by atoms with Gasteiger partial charge in [0.05, 0.1) is 0 Å². The van der Waals surface area contributed by atoms with E-state index in [4.69, 9.17) is 0 Å². The molecule has 0 spiro atoms. The lowest BCUT2D eigenvalue weighted by Gasteiger charge is -2.03. The molecule has 0 unspecified atom stereocenters. The first-order chi connectivity index (χ1) is 6.77. The first-order valence-electron chi connectivity index (χ1n) is 4.30. The highest BCUT2D eigenvalue weighted by Crippen LogP contribution is 2.20. The van der Waals surface area contributed by atoms with Crippen LogP contribution in [0.4, 0.5) is 4.39 Å². The third-order valence-corrected chi connectivity index (χ3v) is 2.08. The maximum Gasteiger partial charge on any atom is 0.212 e. The number of hydrogen-bond donors (Lipinski definition) is 0. The molecule has 0 N–H and O–H groups in total. The number of aryl methyl sites for hydroxylation is 1. The average Bonchev–Trinajstić information content (AvgIpc) is 2.20. The number of nitrogens with zero attached hydrogens (tertiary/aromatic N) is 2. The molecule has 0 saturated carbocycles. The van der Waals surface area contributed by atoms with Gasteiger partial charge in [0.1, 0.15) is 0 Å². The first-order valence-corrected chi connectivity index (χ1v) is 4.30. The third-order valence-electron chi connectivity index (χ3n) is 2.08. The van der Waals surface area contributed by atoms with Crippen LogP contribution in [0.2, 0.25) is 0 Å². The van der Waals surface area contributed by atoms with E-state index in [0.717, 1.165) is 16.7 Å². The van der Waals surface area contributed by atoms with Gasteiger partial charge < -0.3 is 0 Å². The number of pyridine rings is 2. The average molecular weight is 188 g/mol. The molecule has 0 aliphatic carbocycles. The molecule has 2 nitrogen and oxygen atoms in total. The lowest BCUT2D eigenvalue weighted by Crippen LogP contribution is -1.87. The van der Waals surface area contributed by atoms with Crippen molar-refractivity contribution in [3.05, 3.63) is 48.3 Å². The largest absolute Gasteiger partial charge is 0.264 e. The Labute approximate surface area is 81.5 Å². The zero-order chi connectivity index (χ0) is 9.97. The van der Waals surface area contributed by atoms with Gasteiger partial charge in [-0.1, -0.05) is 0 Å². The molecule has 0 atom stereocenters. The van der Waals surface area contributed by atoms with E-state index in [1.54, 1.807) is 18.5 Å². The summed E-state index contributed by atoms with van der Waals surface area (Å²) in [5.74, 6) is -0.463. The Morgan fingerprint density at radius 3 is 2.64 bits per heavy atom. The molecular weight excluding hydrogens is 179 g/mol. The molecule has 2 rings (SSSR count). The second kappa shape index (κ2) is 3.54. The summed E-state index contributed by atoms with van der Waals surface area (Å²) >= 11 is 0. The summed E-state index contributed by atoms with van der Waals surface area (Å²) in [7, 11) is 0. The molecular formula is C11H9FN2. The predicted octanol–water partition coefficient (Wildman–Crippen LogP) is 2.59. The molecule has 70 valence electrons. The molecule has 2 heterocycles. The van der Waals surface area contributed by atoms with Crippen molar-refractivity contribution in [2.45, 2.75) is 6.92 Å². The minimum Gasteiger partial charge on any atom is -0.264 e. The molecule has 0 aromatic carbocycles. The van der Waals surface area contributed by atoms with E-state index < -0.39 is 5.95 Å². The number of rotatable bonds is 1. The van der Waals surface area contributed by atoms with Gasteiger partial charge >= 0.3 is 0 Å². The van der Waals surface area contributed by atoms with Crippen LogP contribution in [0.15, 0.2) is 36.8 Å². The summed E-state index contributed by atoms with van der Waals surface area (Å²) in [6.07, 6.45) is 5.00. The van der Waals surface area contributed by atoms with E-state index in [-0.39, 0.29) is 0 Å². The molecule has 0 radical (unpaired) electrons. The highest BCUT2D eigenvalue weighted by Gasteiger charge is 2.01. The lowest BCUT2D eigenvalue weighted by molar-refractivity contribution is 0.584. The van der Waals surface area contributed by atoms with E-state index >= 15 is 0 Å². The van der Waals surface area contributed by atoms with Crippen LogP contribution in [-0.4, -0.2) is 9.97 Å². The molecule has 0 fully saturated rings. The Kier molecular flexibility index (Phi) is 2.23. The Bertz CT molecular complexity index is 437. The molecule has 2 aromatic rings. The van der Waals surface area contributed by atoms with Crippen molar-refractivity contribution < 1.29 is 4.39 Å². The molecule has 2 aromatic heterocycles. The van der Waals surface area contributed by atoms with Crippen molar-refractivity contribution in [3.8, 4) is 11.1 Å². The molecule has 0 bridgehead atoms. The van der Waals surface area contributed by atoms with Gasteiger partial charge in [-0.15, -0.1) is 0 Å². The normalized spacial score (nSPS) is 10.1. The van der Waals surface area contributed by atoms with Crippen LogP contribution in [0.25, 0.3) is 11.1 Å². The van der Waals surface area contributed by atoms with Crippen molar-refractivity contribution in [1.82, 2.24) is 9.97 Å². The second-order valence-corrected chi connectivity index (χ2v) is 3.06. The minimum atomic E-state index is -0.463. The molecule has 0 aliphatic heterocycles. The van der Waals surface area contributed by atoms with E-state index in [1.807, 2.05) is 13.0 Å². The monoisotopic (exact) mass is 188 g/mol. The standard InChI is InChI=1S/C11H9FN2/c1-8-4-5-13-7-10(8)9-2-3-11(12)14-6-9/h2-7H,1H3. The smallest absolute Gasteiger partial charge is 0.212 e. The first kappa shape index (κ1) is 8.81. The summed E-state index contributed by atoms with van der Waals surface area (Å²) < 4.78 is 12.6. The van der Waals surface area contributed by atoms with Crippen LogP contribution in [0, 0.1) is 12.9 Å². The maximum absolute atomic E-state index is 12.6. The van der Waals surface area contributed by atoms with Gasteiger partial charge in [-0.2, -0.15) is 4.39 Å².